The minimum Gasteiger partial charge on any atom is -0.480 e. The van der Waals surface area contributed by atoms with Gasteiger partial charge in [-0.2, -0.15) is 0 Å². The molecule has 0 fully saturated rings. The SMILES string of the molecule is C=NCC(=O)O.O=C(O)CNCP(=O)(O)O. The highest BCUT2D eigenvalue weighted by Crippen LogP contribution is 2.31. The topological polar surface area (TPSA) is 157 Å². The third-order valence-corrected chi connectivity index (χ3v) is 1.48. The fourth-order valence-electron chi connectivity index (χ4n) is 0.404. The molecule has 0 aliphatic heterocycles. The molecule has 5 N–H and O–H groups in total. The summed E-state index contributed by atoms with van der Waals surface area (Å²) < 4.78 is 10.1. The second-order valence-corrected chi connectivity index (χ2v) is 4.06. The Morgan fingerprint density at radius 3 is 1.94 bits per heavy atom. The largest absolute Gasteiger partial charge is 0.480 e. The molecule has 0 amide bonds. The molecule has 0 atom stereocenters. The van der Waals surface area contributed by atoms with Crippen molar-refractivity contribution >= 4 is 26.3 Å². The molecule has 0 aromatic carbocycles. The van der Waals surface area contributed by atoms with Crippen molar-refractivity contribution in [2.75, 3.05) is 19.4 Å². The van der Waals surface area contributed by atoms with Crippen molar-refractivity contribution < 1.29 is 34.2 Å². The Bertz CT molecular complexity index is 287. The van der Waals surface area contributed by atoms with E-state index in [0.717, 1.165) is 0 Å². The molecule has 0 aliphatic carbocycles. The first-order valence-corrected chi connectivity index (χ1v) is 5.60. The summed E-state index contributed by atoms with van der Waals surface area (Å²) in [5.74, 6) is -2.08. The molecule has 0 saturated heterocycles. The molecule has 0 unspecified atom stereocenters. The van der Waals surface area contributed by atoms with Crippen molar-refractivity contribution in [1.29, 1.82) is 0 Å². The number of aliphatic carboxylic acids is 2. The van der Waals surface area contributed by atoms with Crippen LogP contribution in [0.5, 0.6) is 0 Å². The monoisotopic (exact) mass is 256 g/mol. The molecule has 0 aliphatic rings. The molecule has 0 bridgehead atoms. The minimum atomic E-state index is -4.10. The van der Waals surface area contributed by atoms with Crippen LogP contribution in [0.1, 0.15) is 0 Å². The van der Waals surface area contributed by atoms with Crippen LogP contribution in [0.15, 0.2) is 4.99 Å². The lowest BCUT2D eigenvalue weighted by atomic mass is 10.7. The van der Waals surface area contributed by atoms with Gasteiger partial charge in [-0.15, -0.1) is 0 Å². The van der Waals surface area contributed by atoms with Gasteiger partial charge in [0.05, 0.1) is 12.8 Å². The van der Waals surface area contributed by atoms with E-state index in [4.69, 9.17) is 20.0 Å². The van der Waals surface area contributed by atoms with E-state index in [9.17, 15) is 14.2 Å². The van der Waals surface area contributed by atoms with Crippen molar-refractivity contribution in [3.8, 4) is 0 Å². The second-order valence-electron chi connectivity index (χ2n) is 2.42. The maximum absolute atomic E-state index is 10.1. The molecule has 0 spiro atoms. The number of nitrogens with one attached hydrogen (secondary N) is 1. The second kappa shape index (κ2) is 8.98. The van der Waals surface area contributed by atoms with Crippen molar-refractivity contribution in [2.45, 2.75) is 0 Å². The van der Waals surface area contributed by atoms with Gasteiger partial charge >= 0.3 is 19.5 Å². The van der Waals surface area contributed by atoms with Gasteiger partial charge in [0, 0.05) is 0 Å². The van der Waals surface area contributed by atoms with Gasteiger partial charge in [-0.3, -0.25) is 24.5 Å². The van der Waals surface area contributed by atoms with E-state index in [1.54, 1.807) is 0 Å². The highest BCUT2D eigenvalue weighted by molar-refractivity contribution is 7.51. The van der Waals surface area contributed by atoms with Crippen molar-refractivity contribution in [1.82, 2.24) is 5.32 Å². The normalized spacial score (nSPS) is 9.88. The highest BCUT2D eigenvalue weighted by Gasteiger charge is 2.11. The van der Waals surface area contributed by atoms with Crippen LogP contribution in [0.25, 0.3) is 0 Å². The lowest BCUT2D eigenvalue weighted by Crippen LogP contribution is -2.23. The molecule has 9 nitrogen and oxygen atoms in total. The summed E-state index contributed by atoms with van der Waals surface area (Å²) in [4.78, 5) is 38.7. The Morgan fingerprint density at radius 2 is 1.75 bits per heavy atom. The first-order valence-electron chi connectivity index (χ1n) is 3.80. The van der Waals surface area contributed by atoms with Gasteiger partial charge in [0.15, 0.2) is 0 Å². The first kappa shape index (κ1) is 17.1. The number of hydrogen-bond acceptors (Lipinski definition) is 5. The van der Waals surface area contributed by atoms with Crippen LogP contribution in [0.3, 0.4) is 0 Å². The summed E-state index contributed by atoms with van der Waals surface area (Å²) in [6, 6.07) is 0. The molecule has 0 aromatic rings. The molecule has 0 saturated carbocycles. The van der Waals surface area contributed by atoms with Gasteiger partial charge in [-0.05, 0) is 6.72 Å². The number of hydrogen-bond donors (Lipinski definition) is 5. The van der Waals surface area contributed by atoms with Gasteiger partial charge in [0.1, 0.15) is 6.54 Å². The maximum Gasteiger partial charge on any atom is 0.339 e. The first-order chi connectivity index (χ1) is 7.19. The fourth-order valence-corrected chi connectivity index (χ4v) is 0.807. The third-order valence-electron chi connectivity index (χ3n) is 0.841. The van der Waals surface area contributed by atoms with Crippen molar-refractivity contribution in [3.63, 3.8) is 0 Å². The predicted octanol–water partition coefficient (Wildman–Crippen LogP) is -1.43. The van der Waals surface area contributed by atoms with E-state index in [2.05, 4.69) is 17.0 Å². The lowest BCUT2D eigenvalue weighted by molar-refractivity contribution is -0.136. The lowest BCUT2D eigenvalue weighted by Gasteiger charge is -2.02. The van der Waals surface area contributed by atoms with E-state index in [-0.39, 0.29) is 6.54 Å². The van der Waals surface area contributed by atoms with Crippen LogP contribution in [0, 0.1) is 0 Å². The van der Waals surface area contributed by atoms with Gasteiger partial charge < -0.3 is 20.0 Å². The van der Waals surface area contributed by atoms with Gasteiger partial charge in [-0.25, -0.2) is 0 Å². The Balaban J connectivity index is 0. The van der Waals surface area contributed by atoms with E-state index < -0.39 is 32.4 Å². The summed E-state index contributed by atoms with van der Waals surface area (Å²) >= 11 is 0. The Labute approximate surface area is 91.0 Å². The smallest absolute Gasteiger partial charge is 0.339 e. The molecule has 0 aromatic heterocycles. The predicted molar refractivity (Wildman–Crippen MR) is 54.6 cm³/mol. The van der Waals surface area contributed by atoms with Crippen LogP contribution >= 0.6 is 7.60 Å². The molecule has 0 rings (SSSR count). The van der Waals surface area contributed by atoms with Crippen LogP contribution in [-0.2, 0) is 14.2 Å². The summed E-state index contributed by atoms with van der Waals surface area (Å²) in [6.45, 7) is 2.34. The Morgan fingerprint density at radius 1 is 1.25 bits per heavy atom. The van der Waals surface area contributed by atoms with Crippen molar-refractivity contribution in [3.05, 3.63) is 0 Å². The summed E-state index contributed by atoms with van der Waals surface area (Å²) in [7, 11) is -4.10. The average Bonchev–Trinajstić information content (AvgIpc) is 2.00. The molecule has 0 radical (unpaired) electrons. The molecule has 16 heavy (non-hydrogen) atoms. The zero-order valence-electron chi connectivity index (χ0n) is 8.24. The standard InChI is InChI=1S/C3H8NO5P.C3H5NO2/c5-3(6)1-4-2-10(7,8)9;1-4-2-3(5)6/h4H,1-2H2,(H,5,6)(H2,7,8,9);1-2H2,(H,5,6). The number of rotatable bonds is 6. The number of carbonyl (C=O) groups is 2. The average molecular weight is 256 g/mol. The number of aliphatic imine (C=N–C) groups is 1. The Kier molecular flexibility index (Phi) is 9.61. The molecular formula is C6H13N2O7P. The van der Waals surface area contributed by atoms with Crippen LogP contribution < -0.4 is 5.32 Å². The van der Waals surface area contributed by atoms with Gasteiger partial charge in [0.2, 0.25) is 0 Å². The Hall–Kier alpha value is -1.28. The maximum atomic E-state index is 10.1. The van der Waals surface area contributed by atoms with Crippen LogP contribution in [0.4, 0.5) is 0 Å². The van der Waals surface area contributed by atoms with E-state index in [0.29, 0.717) is 0 Å². The van der Waals surface area contributed by atoms with E-state index in [1.165, 1.54) is 0 Å². The van der Waals surface area contributed by atoms with E-state index >= 15 is 0 Å². The minimum absolute atomic E-state index is 0.194. The summed E-state index contributed by atoms with van der Waals surface area (Å²) in [5, 5.41) is 17.8. The molecule has 0 heterocycles. The van der Waals surface area contributed by atoms with Gasteiger partial charge in [0.25, 0.3) is 0 Å². The van der Waals surface area contributed by atoms with Crippen LogP contribution in [-0.4, -0.2) is 58.0 Å². The number of carboxylic acid groups (broad SMARTS) is 2. The van der Waals surface area contributed by atoms with Gasteiger partial charge in [-0.1, -0.05) is 0 Å². The summed E-state index contributed by atoms with van der Waals surface area (Å²) in [6.07, 6.45) is -0.598. The number of nitrogens with zero attached hydrogens (tertiary/aromatic N) is 1. The molecular weight excluding hydrogens is 243 g/mol. The van der Waals surface area contributed by atoms with Crippen molar-refractivity contribution in [2.24, 2.45) is 4.99 Å². The number of carboxylic acids is 2. The zero-order chi connectivity index (χ0) is 13.2. The highest BCUT2D eigenvalue weighted by atomic mass is 31.2. The van der Waals surface area contributed by atoms with E-state index in [1.807, 2.05) is 0 Å². The summed E-state index contributed by atoms with van der Waals surface area (Å²) in [5.41, 5.74) is 0. The quantitative estimate of drug-likeness (QED) is 0.286. The molecule has 94 valence electrons. The molecule has 10 heteroatoms. The third kappa shape index (κ3) is 23.0. The fraction of sp³-hybridized carbons (Fsp3) is 0.500. The zero-order valence-corrected chi connectivity index (χ0v) is 9.13. The van der Waals surface area contributed by atoms with Crippen LogP contribution in [0.2, 0.25) is 0 Å².